The average molecular weight is 386 g/mol. The first-order valence-corrected chi connectivity index (χ1v) is 8.80. The maximum atomic E-state index is 13.2. The molecule has 0 spiro atoms. The smallest absolute Gasteiger partial charge is 0.305 e. The van der Waals surface area contributed by atoms with Crippen molar-refractivity contribution in [2.45, 2.75) is 38.4 Å². The lowest BCUT2D eigenvalue weighted by Crippen LogP contribution is -2.52. The molecule has 1 aromatic rings. The number of esters is 2. The van der Waals surface area contributed by atoms with Gasteiger partial charge in [-0.25, -0.2) is 0 Å². The summed E-state index contributed by atoms with van der Waals surface area (Å²) in [6.07, 6.45) is 2.63. The van der Waals surface area contributed by atoms with Crippen LogP contribution in [0.25, 0.3) is 0 Å². The van der Waals surface area contributed by atoms with Gasteiger partial charge in [0.15, 0.2) is 5.60 Å². The van der Waals surface area contributed by atoms with Gasteiger partial charge in [0.25, 0.3) is 6.29 Å². The van der Waals surface area contributed by atoms with Gasteiger partial charge >= 0.3 is 11.9 Å². The van der Waals surface area contributed by atoms with Crippen molar-refractivity contribution in [2.75, 3.05) is 0 Å². The van der Waals surface area contributed by atoms with Crippen LogP contribution in [0.5, 0.6) is 0 Å². The predicted molar refractivity (Wildman–Crippen MR) is 90.8 cm³/mol. The topological polar surface area (TPSA) is 112 Å². The van der Waals surface area contributed by atoms with Crippen molar-refractivity contribution in [1.29, 1.82) is 0 Å². The fourth-order valence-corrected chi connectivity index (χ4v) is 4.09. The van der Waals surface area contributed by atoms with E-state index in [4.69, 9.17) is 14.2 Å². The van der Waals surface area contributed by atoms with Crippen LogP contribution >= 0.6 is 0 Å². The Bertz CT molecular complexity index is 868. The SMILES string of the molecule is CC(=O)OC(OC(C)=O)C12C=CC(O1)C1C(=O)N(Cc3ccccn3)C(=O)C12. The Hall–Kier alpha value is -3.07. The molecule has 4 rings (SSSR count). The minimum absolute atomic E-state index is 0.0279. The standard InChI is InChI=1S/C19H18N2O7/c1-10(22)26-18(27-11(2)23)19-7-6-13(28-19)14-15(19)17(25)21(16(14)24)9-12-5-3-4-8-20-12/h3-8,13-15,18H,9H2,1-2H3. The molecule has 0 radical (unpaired) electrons. The Morgan fingerprint density at radius 3 is 2.54 bits per heavy atom. The highest BCUT2D eigenvalue weighted by Crippen LogP contribution is 2.54. The number of fused-ring (bicyclic) bond motifs is 5. The van der Waals surface area contributed by atoms with Crippen LogP contribution in [0.4, 0.5) is 0 Å². The molecule has 2 bridgehead atoms. The van der Waals surface area contributed by atoms with Gasteiger partial charge in [-0.1, -0.05) is 12.1 Å². The molecule has 3 aliphatic rings. The lowest BCUT2D eigenvalue weighted by atomic mass is 9.76. The Morgan fingerprint density at radius 2 is 1.93 bits per heavy atom. The van der Waals surface area contributed by atoms with Gasteiger partial charge in [-0.05, 0) is 18.2 Å². The summed E-state index contributed by atoms with van der Waals surface area (Å²) < 4.78 is 16.2. The molecule has 0 aliphatic carbocycles. The van der Waals surface area contributed by atoms with E-state index in [9.17, 15) is 19.2 Å². The molecule has 0 saturated carbocycles. The number of imide groups is 1. The monoisotopic (exact) mass is 386 g/mol. The second-order valence-electron chi connectivity index (χ2n) is 6.93. The summed E-state index contributed by atoms with van der Waals surface area (Å²) >= 11 is 0. The van der Waals surface area contributed by atoms with Crippen LogP contribution in [-0.4, -0.2) is 51.6 Å². The summed E-state index contributed by atoms with van der Waals surface area (Å²) in [6, 6.07) is 5.22. The van der Waals surface area contributed by atoms with E-state index in [0.717, 1.165) is 18.7 Å². The highest BCUT2D eigenvalue weighted by atomic mass is 16.7. The fraction of sp³-hybridized carbons (Fsp3) is 0.421. The lowest BCUT2D eigenvalue weighted by molar-refractivity contribution is -0.227. The Morgan fingerprint density at radius 1 is 1.21 bits per heavy atom. The van der Waals surface area contributed by atoms with Crippen LogP contribution < -0.4 is 0 Å². The van der Waals surface area contributed by atoms with Gasteiger partial charge in [0, 0.05) is 20.0 Å². The van der Waals surface area contributed by atoms with Crippen molar-refractivity contribution in [3.05, 3.63) is 42.2 Å². The van der Waals surface area contributed by atoms with E-state index in [0.29, 0.717) is 5.69 Å². The normalized spacial score (nSPS) is 30.1. The van der Waals surface area contributed by atoms with Gasteiger partial charge in [0.1, 0.15) is 0 Å². The molecule has 9 nitrogen and oxygen atoms in total. The van der Waals surface area contributed by atoms with Gasteiger partial charge in [0.2, 0.25) is 11.8 Å². The predicted octanol–water partition coefficient (Wildman–Crippen LogP) is 0.342. The van der Waals surface area contributed by atoms with Crippen LogP contribution in [0.1, 0.15) is 19.5 Å². The minimum atomic E-state index is -1.53. The molecule has 2 amide bonds. The van der Waals surface area contributed by atoms with E-state index in [1.807, 2.05) is 0 Å². The number of rotatable bonds is 5. The molecule has 1 aromatic heterocycles. The number of ether oxygens (including phenoxy) is 3. The molecule has 28 heavy (non-hydrogen) atoms. The van der Waals surface area contributed by atoms with Gasteiger partial charge in [0.05, 0.1) is 30.2 Å². The summed E-state index contributed by atoms with van der Waals surface area (Å²) in [5.74, 6) is -3.99. The maximum Gasteiger partial charge on any atom is 0.305 e. The third-order valence-corrected chi connectivity index (χ3v) is 5.13. The molecule has 146 valence electrons. The number of pyridine rings is 1. The number of carbonyl (C=O) groups excluding carboxylic acids is 4. The number of hydrogen-bond acceptors (Lipinski definition) is 8. The zero-order valence-electron chi connectivity index (χ0n) is 15.2. The molecule has 2 fully saturated rings. The molecule has 4 heterocycles. The number of aromatic nitrogens is 1. The highest BCUT2D eigenvalue weighted by molar-refractivity contribution is 6.07. The second-order valence-corrected chi connectivity index (χ2v) is 6.93. The molecule has 4 atom stereocenters. The molecular formula is C19H18N2O7. The second kappa shape index (κ2) is 6.52. The van der Waals surface area contributed by atoms with Crippen LogP contribution in [-0.2, 0) is 39.9 Å². The third-order valence-electron chi connectivity index (χ3n) is 5.13. The maximum absolute atomic E-state index is 13.2. The molecule has 0 aromatic carbocycles. The van der Waals surface area contributed by atoms with Gasteiger partial charge in [-0.3, -0.25) is 29.1 Å². The van der Waals surface area contributed by atoms with Crippen LogP contribution in [0, 0.1) is 11.8 Å². The molecule has 4 unspecified atom stereocenters. The zero-order valence-corrected chi connectivity index (χ0v) is 15.2. The summed E-state index contributed by atoms with van der Waals surface area (Å²) in [5, 5.41) is 0. The zero-order chi connectivity index (χ0) is 20.1. The Balaban J connectivity index is 1.67. The van der Waals surface area contributed by atoms with Gasteiger partial charge in [-0.15, -0.1) is 0 Å². The highest BCUT2D eigenvalue weighted by Gasteiger charge is 2.71. The molecule has 2 saturated heterocycles. The quantitative estimate of drug-likeness (QED) is 0.308. The van der Waals surface area contributed by atoms with Crippen LogP contribution in [0.3, 0.4) is 0 Å². The van der Waals surface area contributed by atoms with Crippen molar-refractivity contribution in [3.8, 4) is 0 Å². The first-order valence-electron chi connectivity index (χ1n) is 8.80. The number of hydrogen-bond donors (Lipinski definition) is 0. The van der Waals surface area contributed by atoms with E-state index in [2.05, 4.69) is 4.98 Å². The largest absolute Gasteiger partial charge is 0.422 e. The van der Waals surface area contributed by atoms with E-state index in [-0.39, 0.29) is 12.5 Å². The molecule has 0 N–H and O–H groups in total. The van der Waals surface area contributed by atoms with E-state index < -0.39 is 47.7 Å². The summed E-state index contributed by atoms with van der Waals surface area (Å²) in [7, 11) is 0. The van der Waals surface area contributed by atoms with Crippen molar-refractivity contribution in [2.24, 2.45) is 11.8 Å². The third kappa shape index (κ3) is 2.70. The summed E-state index contributed by atoms with van der Waals surface area (Å²) in [6.45, 7) is 2.34. The van der Waals surface area contributed by atoms with Crippen LogP contribution in [0.15, 0.2) is 36.5 Å². The number of amides is 2. The van der Waals surface area contributed by atoms with E-state index in [1.165, 1.54) is 0 Å². The molecular weight excluding hydrogens is 368 g/mol. The van der Waals surface area contributed by atoms with E-state index in [1.54, 1.807) is 36.5 Å². The summed E-state index contributed by atoms with van der Waals surface area (Å²) in [5.41, 5.74) is -0.964. The molecule has 9 heteroatoms. The van der Waals surface area contributed by atoms with Crippen molar-refractivity contribution in [1.82, 2.24) is 9.88 Å². The Kier molecular flexibility index (Phi) is 4.26. The van der Waals surface area contributed by atoms with Crippen molar-refractivity contribution < 1.29 is 33.4 Å². The van der Waals surface area contributed by atoms with E-state index >= 15 is 0 Å². The minimum Gasteiger partial charge on any atom is -0.422 e. The fourth-order valence-electron chi connectivity index (χ4n) is 4.09. The lowest BCUT2D eigenvalue weighted by Gasteiger charge is -2.34. The number of likely N-dealkylation sites (tertiary alicyclic amines) is 1. The van der Waals surface area contributed by atoms with Crippen molar-refractivity contribution in [3.63, 3.8) is 0 Å². The first kappa shape index (κ1) is 18.3. The Labute approximate surface area is 160 Å². The molecule has 3 aliphatic heterocycles. The summed E-state index contributed by atoms with van der Waals surface area (Å²) in [4.78, 5) is 54.5. The number of carbonyl (C=O) groups is 4. The average Bonchev–Trinajstić information content (AvgIpc) is 3.29. The van der Waals surface area contributed by atoms with Gasteiger partial charge in [-0.2, -0.15) is 0 Å². The first-order chi connectivity index (χ1) is 13.3. The van der Waals surface area contributed by atoms with Crippen molar-refractivity contribution >= 4 is 23.8 Å². The van der Waals surface area contributed by atoms with Crippen LogP contribution in [0.2, 0.25) is 0 Å². The number of nitrogens with zero attached hydrogens (tertiary/aromatic N) is 2. The van der Waals surface area contributed by atoms with Gasteiger partial charge < -0.3 is 14.2 Å².